The minimum absolute atomic E-state index is 0.0483. The maximum Gasteiger partial charge on any atom is 0.338 e. The molecule has 3 aliphatic carbocycles. The van der Waals surface area contributed by atoms with Gasteiger partial charge in [-0.3, -0.25) is 9.59 Å². The molecule has 0 unspecified atom stereocenters. The van der Waals surface area contributed by atoms with Gasteiger partial charge in [0.05, 0.1) is 33.7 Å². The van der Waals surface area contributed by atoms with Gasteiger partial charge in [-0.2, -0.15) is 0 Å². The third-order valence-corrected chi connectivity index (χ3v) is 10.2. The van der Waals surface area contributed by atoms with E-state index in [9.17, 15) is 29.4 Å². The van der Waals surface area contributed by atoms with Gasteiger partial charge in [-0.05, 0) is 55.9 Å². The van der Waals surface area contributed by atoms with Crippen molar-refractivity contribution in [2.45, 2.75) is 83.9 Å². The molecule has 2 aromatic carbocycles. The van der Waals surface area contributed by atoms with E-state index >= 15 is 0 Å². The highest BCUT2D eigenvalue weighted by molar-refractivity contribution is 5.90. The van der Waals surface area contributed by atoms with Gasteiger partial charge in [-0.25, -0.2) is 9.59 Å². The molecular formula is C34H40O10. The fourth-order valence-corrected chi connectivity index (χ4v) is 8.53. The number of benzene rings is 2. The number of hydrogen-bond acceptors (Lipinski definition) is 10. The molecule has 5 rings (SSSR count). The van der Waals surface area contributed by atoms with Gasteiger partial charge in [0, 0.05) is 19.8 Å². The molecule has 10 heteroatoms. The number of fused-ring (bicyclic) bond motifs is 1. The molecule has 3 fully saturated rings. The summed E-state index contributed by atoms with van der Waals surface area (Å²) in [6.07, 6.45) is -4.76. The molecule has 2 bridgehead atoms. The lowest BCUT2D eigenvalue weighted by Gasteiger charge is -2.67. The second kappa shape index (κ2) is 11.3. The minimum atomic E-state index is -1.75. The molecule has 2 aromatic rings. The molecule has 8 atom stereocenters. The van der Waals surface area contributed by atoms with Gasteiger partial charge in [-0.15, -0.1) is 0 Å². The summed E-state index contributed by atoms with van der Waals surface area (Å²) in [5, 5.41) is 24.4. The molecule has 10 nitrogen and oxygen atoms in total. The van der Waals surface area contributed by atoms with Crippen molar-refractivity contribution in [3.8, 4) is 0 Å². The van der Waals surface area contributed by atoms with Gasteiger partial charge in [-0.1, -0.05) is 50.2 Å². The van der Waals surface area contributed by atoms with E-state index in [1.807, 2.05) is 13.8 Å². The van der Waals surface area contributed by atoms with Crippen LogP contribution < -0.4 is 0 Å². The Morgan fingerprint density at radius 3 is 1.86 bits per heavy atom. The maximum atomic E-state index is 13.8. The van der Waals surface area contributed by atoms with Gasteiger partial charge in [0.1, 0.15) is 18.8 Å². The lowest BCUT2D eigenvalue weighted by Crippen LogP contribution is -2.79. The maximum absolute atomic E-state index is 13.8. The molecule has 0 aliphatic heterocycles. The van der Waals surface area contributed by atoms with Crippen LogP contribution in [0.5, 0.6) is 0 Å². The topological polar surface area (TPSA) is 146 Å². The molecule has 2 N–H and O–H groups in total. The average Bonchev–Trinajstić information content (AvgIpc) is 3.17. The number of esters is 4. The normalized spacial score (nSPS) is 35.1. The third kappa shape index (κ3) is 4.88. The summed E-state index contributed by atoms with van der Waals surface area (Å²) in [5.74, 6) is -3.56. The van der Waals surface area contributed by atoms with E-state index in [1.54, 1.807) is 67.6 Å². The van der Waals surface area contributed by atoms with Crippen molar-refractivity contribution < 1.29 is 48.3 Å². The van der Waals surface area contributed by atoms with Crippen LogP contribution in [-0.4, -0.2) is 70.7 Å². The monoisotopic (exact) mass is 608 g/mol. The van der Waals surface area contributed by atoms with Crippen molar-refractivity contribution in [3.63, 3.8) is 0 Å². The molecule has 3 aliphatic rings. The van der Waals surface area contributed by atoms with E-state index in [1.165, 1.54) is 13.8 Å². The third-order valence-electron chi connectivity index (χ3n) is 10.2. The smallest absolute Gasteiger partial charge is 0.338 e. The Morgan fingerprint density at radius 2 is 1.34 bits per heavy atom. The predicted molar refractivity (Wildman–Crippen MR) is 156 cm³/mol. The molecule has 0 radical (unpaired) electrons. The first-order chi connectivity index (χ1) is 20.7. The first kappa shape index (κ1) is 31.7. The lowest BCUT2D eigenvalue weighted by molar-refractivity contribution is -0.327. The van der Waals surface area contributed by atoms with Crippen molar-refractivity contribution >= 4 is 23.9 Å². The first-order valence-corrected chi connectivity index (χ1v) is 14.9. The van der Waals surface area contributed by atoms with Crippen LogP contribution in [0.25, 0.3) is 0 Å². The summed E-state index contributed by atoms with van der Waals surface area (Å²) < 4.78 is 24.3. The second-order valence-electron chi connectivity index (χ2n) is 13.3. The Morgan fingerprint density at radius 1 is 0.795 bits per heavy atom. The summed E-state index contributed by atoms with van der Waals surface area (Å²) in [6, 6.07) is 16.5. The predicted octanol–water partition coefficient (Wildman–Crippen LogP) is 3.87. The molecule has 0 amide bonds. The number of ether oxygens (including phenoxy) is 4. The molecule has 44 heavy (non-hydrogen) atoms. The zero-order chi connectivity index (χ0) is 32.1. The highest BCUT2D eigenvalue weighted by atomic mass is 16.6. The fourth-order valence-electron chi connectivity index (χ4n) is 8.53. The summed E-state index contributed by atoms with van der Waals surface area (Å²) >= 11 is 0. The highest BCUT2D eigenvalue weighted by Gasteiger charge is 2.85. The van der Waals surface area contributed by atoms with Crippen molar-refractivity contribution in [3.05, 3.63) is 71.8 Å². The molecule has 0 aromatic heterocycles. The van der Waals surface area contributed by atoms with E-state index < -0.39 is 82.7 Å². The van der Waals surface area contributed by atoms with E-state index in [4.69, 9.17) is 18.9 Å². The van der Waals surface area contributed by atoms with Crippen LogP contribution in [0.2, 0.25) is 0 Å². The minimum Gasteiger partial charge on any atom is -0.465 e. The van der Waals surface area contributed by atoms with Gasteiger partial charge < -0.3 is 29.2 Å². The number of carbonyl (C=O) groups is 4. The summed E-state index contributed by atoms with van der Waals surface area (Å²) in [6.45, 7) is 7.39. The van der Waals surface area contributed by atoms with Gasteiger partial charge in [0.15, 0.2) is 6.10 Å². The van der Waals surface area contributed by atoms with Crippen molar-refractivity contribution in [2.75, 3.05) is 6.61 Å². The Balaban J connectivity index is 1.79. The molecule has 0 heterocycles. The van der Waals surface area contributed by atoms with Crippen LogP contribution >= 0.6 is 0 Å². The summed E-state index contributed by atoms with van der Waals surface area (Å²) in [7, 11) is 0. The highest BCUT2D eigenvalue weighted by Crippen LogP contribution is 2.75. The molecular weight excluding hydrogens is 568 g/mol. The Labute approximate surface area is 256 Å². The average molecular weight is 609 g/mol. The number of carbonyl (C=O) groups excluding carboxylic acids is 4. The number of aliphatic hydroxyl groups excluding tert-OH is 1. The Hall–Kier alpha value is -3.76. The zero-order valence-corrected chi connectivity index (χ0v) is 25.6. The van der Waals surface area contributed by atoms with Crippen molar-refractivity contribution in [2.24, 2.45) is 22.2 Å². The molecule has 3 saturated carbocycles. The SMILES string of the molecule is CC(=O)OC[C@]12[C@H](OC(=O)c3ccccc3)[C@H](OC(=O)c3ccccc3)[C@@H]3[C@@H](OC(C)=O)[C@]1(CC3(C)C)[C@@](C)(O)CC[C@@H]2O. The quantitative estimate of drug-likeness (QED) is 0.351. The Bertz CT molecular complexity index is 1420. The Kier molecular flexibility index (Phi) is 8.13. The van der Waals surface area contributed by atoms with Gasteiger partial charge in [0.25, 0.3) is 0 Å². The van der Waals surface area contributed by atoms with Crippen LogP contribution in [0, 0.1) is 22.2 Å². The van der Waals surface area contributed by atoms with E-state index in [-0.39, 0.29) is 30.4 Å². The van der Waals surface area contributed by atoms with E-state index in [0.717, 1.165) is 0 Å². The zero-order valence-electron chi connectivity index (χ0n) is 25.6. The van der Waals surface area contributed by atoms with Crippen LogP contribution in [0.1, 0.15) is 74.6 Å². The van der Waals surface area contributed by atoms with Crippen LogP contribution in [-0.2, 0) is 28.5 Å². The van der Waals surface area contributed by atoms with Gasteiger partial charge >= 0.3 is 23.9 Å². The fraction of sp³-hybridized carbons (Fsp3) is 0.529. The van der Waals surface area contributed by atoms with Crippen molar-refractivity contribution in [1.29, 1.82) is 0 Å². The standard InChI is InChI=1S/C34H40O10/c1-20(35)41-19-33-24(37)16-17-32(5,40)34(33)18-31(3,4)25(27(34)42-21(2)36)26(43-29(38)22-12-8-6-9-13-22)28(33)44-30(39)23-14-10-7-11-15-23/h6-15,24-28,37,40H,16-19H2,1-5H3/t24-,25+,26+,27+,28+,32-,33-,34+/m0/s1. The molecule has 236 valence electrons. The van der Waals surface area contributed by atoms with E-state index in [0.29, 0.717) is 0 Å². The number of rotatable bonds is 7. The second-order valence-corrected chi connectivity index (χ2v) is 13.3. The van der Waals surface area contributed by atoms with E-state index in [2.05, 4.69) is 0 Å². The molecule has 0 saturated heterocycles. The summed E-state index contributed by atoms with van der Waals surface area (Å²) in [5.41, 5.74) is -5.17. The van der Waals surface area contributed by atoms with Gasteiger partial charge in [0.2, 0.25) is 0 Å². The van der Waals surface area contributed by atoms with Crippen LogP contribution in [0.15, 0.2) is 60.7 Å². The summed E-state index contributed by atoms with van der Waals surface area (Å²) in [4.78, 5) is 52.6. The molecule has 1 spiro atoms. The number of hydrogen-bond donors (Lipinski definition) is 2. The van der Waals surface area contributed by atoms with Crippen LogP contribution in [0.3, 0.4) is 0 Å². The lowest BCUT2D eigenvalue weighted by atomic mass is 9.42. The van der Waals surface area contributed by atoms with Crippen LogP contribution in [0.4, 0.5) is 0 Å². The van der Waals surface area contributed by atoms with Crippen molar-refractivity contribution in [1.82, 2.24) is 0 Å². The number of aliphatic hydroxyl groups is 2. The largest absolute Gasteiger partial charge is 0.465 e. The first-order valence-electron chi connectivity index (χ1n) is 14.9.